The molecule has 14 heteroatoms. The molecule has 1 aliphatic carbocycles. The molecule has 2 aliphatic heterocycles. The second-order valence-electron chi connectivity index (χ2n) is 15.1. The average molecular weight is 751 g/mol. The van der Waals surface area contributed by atoms with Crippen LogP contribution < -0.4 is 10.6 Å². The topological polar surface area (TPSA) is 175 Å². The van der Waals surface area contributed by atoms with Gasteiger partial charge in [-0.05, 0) is 73.1 Å². The number of carbonyl (C=O) groups excluding carboxylic acids is 4. The van der Waals surface area contributed by atoms with Crippen molar-refractivity contribution in [1.29, 1.82) is 0 Å². The number of H-pyrrole nitrogens is 2. The van der Waals surface area contributed by atoms with Crippen LogP contribution in [0.5, 0.6) is 0 Å². The highest BCUT2D eigenvalue weighted by Crippen LogP contribution is 2.37. The lowest BCUT2D eigenvalue weighted by Crippen LogP contribution is -2.51. The average Bonchev–Trinajstić information content (AvgIpc) is 4.05. The number of hydrogen-bond acceptors (Lipinski definition) is 8. The number of benzene rings is 2. The van der Waals surface area contributed by atoms with E-state index in [1.165, 1.54) is 14.2 Å². The normalized spacial score (nSPS) is 21.5. The van der Waals surface area contributed by atoms with Crippen molar-refractivity contribution in [3.8, 4) is 33.6 Å². The van der Waals surface area contributed by atoms with Crippen LogP contribution in [-0.2, 0) is 19.1 Å². The van der Waals surface area contributed by atoms with E-state index in [9.17, 15) is 19.2 Å². The lowest BCUT2D eigenvalue weighted by Gasteiger charge is -2.30. The van der Waals surface area contributed by atoms with Crippen LogP contribution >= 0.6 is 0 Å². The Labute approximate surface area is 320 Å². The van der Waals surface area contributed by atoms with Gasteiger partial charge in [-0.25, -0.2) is 19.6 Å². The molecule has 0 unspecified atom stereocenters. The van der Waals surface area contributed by atoms with E-state index < -0.39 is 18.2 Å². The summed E-state index contributed by atoms with van der Waals surface area (Å²) in [6.07, 6.45) is 8.14. The number of ether oxygens (including phenoxy) is 2. The van der Waals surface area contributed by atoms with Crippen LogP contribution in [0.1, 0.15) is 82.5 Å². The van der Waals surface area contributed by atoms with Gasteiger partial charge < -0.3 is 39.9 Å². The number of likely N-dealkylation sites (tertiary alicyclic amines) is 2. The fourth-order valence-electron chi connectivity index (χ4n) is 8.29. The molecular weight excluding hydrogens is 701 g/mol. The first-order valence-electron chi connectivity index (χ1n) is 19.2. The zero-order valence-electron chi connectivity index (χ0n) is 31.8. The van der Waals surface area contributed by atoms with Crippen LogP contribution in [0.15, 0.2) is 60.9 Å². The molecule has 2 saturated heterocycles. The number of imidazole rings is 2. The molecule has 4 heterocycles. The molecule has 3 aliphatic rings. The zero-order chi connectivity index (χ0) is 38.6. The Morgan fingerprint density at radius 3 is 1.75 bits per heavy atom. The van der Waals surface area contributed by atoms with Crippen LogP contribution in [-0.4, -0.2) is 93.1 Å². The lowest BCUT2D eigenvalue weighted by molar-refractivity contribution is -0.136. The van der Waals surface area contributed by atoms with Crippen molar-refractivity contribution in [3.05, 3.63) is 72.6 Å². The number of amides is 4. The summed E-state index contributed by atoms with van der Waals surface area (Å²) in [7, 11) is 2.64. The molecule has 55 heavy (non-hydrogen) atoms. The third kappa shape index (κ3) is 8.08. The first kappa shape index (κ1) is 37.6. The van der Waals surface area contributed by atoms with Crippen molar-refractivity contribution in [3.63, 3.8) is 0 Å². The van der Waals surface area contributed by atoms with Crippen molar-refractivity contribution in [2.75, 3.05) is 27.3 Å². The summed E-state index contributed by atoms with van der Waals surface area (Å²) in [5.41, 5.74) is 5.90. The lowest BCUT2D eigenvalue weighted by atomic mass is 10.0. The molecule has 4 aromatic rings. The minimum absolute atomic E-state index is 0.0419. The number of carbonyl (C=O) groups is 4. The van der Waals surface area contributed by atoms with E-state index in [0.29, 0.717) is 19.5 Å². The number of rotatable bonds is 10. The molecule has 0 spiro atoms. The molecule has 7 rings (SSSR count). The second kappa shape index (κ2) is 16.4. The van der Waals surface area contributed by atoms with Crippen molar-refractivity contribution >= 4 is 24.0 Å². The Hall–Kier alpha value is -5.66. The molecule has 290 valence electrons. The van der Waals surface area contributed by atoms with Gasteiger partial charge in [-0.1, -0.05) is 62.4 Å². The van der Waals surface area contributed by atoms with E-state index in [1.54, 1.807) is 6.20 Å². The van der Waals surface area contributed by atoms with Gasteiger partial charge in [0.15, 0.2) is 0 Å². The third-order valence-electron chi connectivity index (χ3n) is 11.3. The maximum absolute atomic E-state index is 13.6. The summed E-state index contributed by atoms with van der Waals surface area (Å²) < 4.78 is 9.48. The van der Waals surface area contributed by atoms with Crippen LogP contribution in [0.2, 0.25) is 0 Å². The number of alkyl carbamates (subject to hydrolysis) is 2. The minimum atomic E-state index is -0.683. The summed E-state index contributed by atoms with van der Waals surface area (Å²) in [4.78, 5) is 70.8. The number of nitrogens with zero attached hydrogens (tertiary/aromatic N) is 4. The van der Waals surface area contributed by atoms with Crippen LogP contribution in [0.3, 0.4) is 0 Å². The molecule has 4 N–H and O–H groups in total. The van der Waals surface area contributed by atoms with E-state index in [0.717, 1.165) is 83.8 Å². The van der Waals surface area contributed by atoms with Crippen LogP contribution in [0, 0.1) is 11.8 Å². The van der Waals surface area contributed by atoms with Gasteiger partial charge >= 0.3 is 12.2 Å². The SMILES string of the molecule is COC(=O)N[C@@H]1CC[C@H](C(=O)N2CCC[C@H]2c2ncc(-c3ccc(-c4ccc(-c5cnc([C@@H]6CCCN6C(=O)[C@@H](NC(=O)OC)C(C)C)[nH]5)cc4)cc3)[nH]2)C1. The molecular formula is C41H50N8O6. The smallest absolute Gasteiger partial charge is 0.407 e. The molecule has 3 fully saturated rings. The Morgan fingerprint density at radius 2 is 1.22 bits per heavy atom. The monoisotopic (exact) mass is 750 g/mol. The zero-order valence-corrected chi connectivity index (χ0v) is 31.8. The second-order valence-corrected chi connectivity index (χ2v) is 15.1. The Bertz CT molecular complexity index is 1990. The standard InChI is InChI=1S/C41H50N8O6/c1-24(2)35(47-41(53)55-4)39(51)49-20-6-8-34(49)37-43-23-32(46-37)28-15-11-26(12-16-28)25-9-13-27(14-10-25)31-22-42-36(45-31)33-7-5-19-48(33)38(50)29-17-18-30(21-29)44-40(52)54-3/h9-16,22-24,29-30,33-35H,5-8,17-21H2,1-4H3,(H,42,45)(H,43,46)(H,44,52)(H,47,53)/t29-,30+,33-,34-,35-/m0/s1. The first-order valence-corrected chi connectivity index (χ1v) is 19.2. The van der Waals surface area contributed by atoms with Gasteiger partial charge in [-0.15, -0.1) is 0 Å². The highest BCUT2D eigenvalue weighted by Gasteiger charge is 2.40. The quantitative estimate of drug-likeness (QED) is 0.145. The van der Waals surface area contributed by atoms with Crippen molar-refractivity contribution in [1.82, 2.24) is 40.4 Å². The summed E-state index contributed by atoms with van der Waals surface area (Å²) in [6.45, 7) is 5.11. The molecule has 5 atom stereocenters. The van der Waals surface area contributed by atoms with Gasteiger partial charge in [0.05, 0.1) is 50.1 Å². The Morgan fingerprint density at radius 1 is 0.709 bits per heavy atom. The van der Waals surface area contributed by atoms with Crippen molar-refractivity contribution < 1.29 is 28.7 Å². The maximum atomic E-state index is 13.6. The van der Waals surface area contributed by atoms with Crippen molar-refractivity contribution in [2.24, 2.45) is 11.8 Å². The summed E-state index contributed by atoms with van der Waals surface area (Å²) in [5, 5.41) is 5.54. The molecule has 0 bridgehead atoms. The van der Waals surface area contributed by atoms with Gasteiger partial charge in [0.1, 0.15) is 17.7 Å². The molecule has 14 nitrogen and oxygen atoms in total. The van der Waals surface area contributed by atoms with Gasteiger partial charge in [-0.2, -0.15) is 0 Å². The fourth-order valence-corrected chi connectivity index (χ4v) is 8.29. The number of methoxy groups -OCH3 is 2. The summed E-state index contributed by atoms with van der Waals surface area (Å²) >= 11 is 0. The summed E-state index contributed by atoms with van der Waals surface area (Å²) in [6, 6.07) is 15.6. The molecule has 2 aromatic carbocycles. The number of hydrogen-bond donors (Lipinski definition) is 4. The molecule has 2 aromatic heterocycles. The van der Waals surface area contributed by atoms with Crippen LogP contribution in [0.4, 0.5) is 9.59 Å². The predicted octanol–water partition coefficient (Wildman–Crippen LogP) is 6.37. The minimum Gasteiger partial charge on any atom is -0.453 e. The van der Waals surface area contributed by atoms with E-state index >= 15 is 0 Å². The Kier molecular flexibility index (Phi) is 11.2. The molecule has 0 radical (unpaired) electrons. The number of aromatic amines is 2. The molecule has 1 saturated carbocycles. The molecule has 4 amide bonds. The van der Waals surface area contributed by atoms with Gasteiger partial charge in [0.25, 0.3) is 0 Å². The van der Waals surface area contributed by atoms with Crippen LogP contribution in [0.25, 0.3) is 33.6 Å². The fraction of sp³-hybridized carbons (Fsp3) is 0.463. The van der Waals surface area contributed by atoms with Gasteiger partial charge in [0.2, 0.25) is 11.8 Å². The highest BCUT2D eigenvalue weighted by molar-refractivity contribution is 5.86. The predicted molar refractivity (Wildman–Crippen MR) is 205 cm³/mol. The highest BCUT2D eigenvalue weighted by atomic mass is 16.5. The van der Waals surface area contributed by atoms with E-state index in [-0.39, 0.29) is 41.8 Å². The van der Waals surface area contributed by atoms with E-state index in [2.05, 4.69) is 74.1 Å². The number of aromatic nitrogens is 4. The number of nitrogens with one attached hydrogen (secondary N) is 4. The van der Waals surface area contributed by atoms with Gasteiger partial charge in [-0.3, -0.25) is 9.59 Å². The van der Waals surface area contributed by atoms with Crippen molar-refractivity contribution in [2.45, 2.75) is 83.0 Å². The van der Waals surface area contributed by atoms with E-state index in [4.69, 9.17) is 14.5 Å². The Balaban J connectivity index is 0.976. The largest absolute Gasteiger partial charge is 0.453 e. The van der Waals surface area contributed by atoms with Gasteiger partial charge in [0, 0.05) is 25.0 Å². The summed E-state index contributed by atoms with van der Waals surface area (Å²) in [5.74, 6) is 1.31. The third-order valence-corrected chi connectivity index (χ3v) is 11.3. The first-order chi connectivity index (χ1) is 26.6. The van der Waals surface area contributed by atoms with E-state index in [1.807, 2.05) is 29.8 Å². The maximum Gasteiger partial charge on any atom is 0.407 e.